The fourth-order valence-electron chi connectivity index (χ4n) is 4.84. The number of para-hydroxylation sites is 1. The highest BCUT2D eigenvalue weighted by atomic mass is 16.5. The van der Waals surface area contributed by atoms with Gasteiger partial charge < -0.3 is 15.4 Å². The van der Waals surface area contributed by atoms with Crippen molar-refractivity contribution < 1.29 is 19.5 Å². The lowest BCUT2D eigenvalue weighted by molar-refractivity contribution is -0.135. The number of rotatable bonds is 10. The average molecular weight is 506 g/mol. The van der Waals surface area contributed by atoms with Crippen LogP contribution in [0.5, 0.6) is 5.75 Å². The van der Waals surface area contributed by atoms with Crippen molar-refractivity contribution in [1.29, 1.82) is 0 Å². The van der Waals surface area contributed by atoms with Crippen LogP contribution >= 0.6 is 0 Å². The van der Waals surface area contributed by atoms with Gasteiger partial charge in [-0.15, -0.1) is 0 Å². The van der Waals surface area contributed by atoms with Gasteiger partial charge in [-0.1, -0.05) is 25.1 Å². The number of hydroxylamine groups is 1. The number of likely N-dealkylation sites (tertiary alicyclic amines) is 1. The third kappa shape index (κ3) is 6.82. The summed E-state index contributed by atoms with van der Waals surface area (Å²) >= 11 is 0. The summed E-state index contributed by atoms with van der Waals surface area (Å²) in [4.78, 5) is 31.7. The largest absolute Gasteiger partial charge is 0.489 e. The summed E-state index contributed by atoms with van der Waals surface area (Å²) in [7, 11) is 0. The number of fused-ring (bicyclic) bond motifs is 1. The molecule has 4 N–H and O–H groups in total. The van der Waals surface area contributed by atoms with E-state index >= 15 is 0 Å². The van der Waals surface area contributed by atoms with Gasteiger partial charge in [0.1, 0.15) is 18.4 Å². The molecule has 0 saturated carbocycles. The number of carbonyl (C=O) groups excluding carboxylic acids is 2. The molecule has 9 nitrogen and oxygen atoms in total. The van der Waals surface area contributed by atoms with Gasteiger partial charge in [-0.25, -0.2) is 5.48 Å². The van der Waals surface area contributed by atoms with Crippen molar-refractivity contribution in [3.63, 3.8) is 0 Å². The Balaban J connectivity index is 1.33. The second-order valence-electron chi connectivity index (χ2n) is 9.32. The number of aryl methyl sites for hydroxylation is 1. The number of ether oxygens (including phenoxy) is 1. The molecule has 0 aliphatic carbocycles. The lowest BCUT2D eigenvalue weighted by Gasteiger charge is -2.36. The highest BCUT2D eigenvalue weighted by molar-refractivity contribution is 5.94. The number of piperidine rings is 1. The summed E-state index contributed by atoms with van der Waals surface area (Å²) < 4.78 is 5.99. The minimum atomic E-state index is -0.641. The van der Waals surface area contributed by atoms with Crippen LogP contribution in [0.2, 0.25) is 0 Å². The minimum Gasteiger partial charge on any atom is -0.489 e. The van der Waals surface area contributed by atoms with Gasteiger partial charge in [0, 0.05) is 47.9 Å². The smallest absolute Gasteiger partial charge is 0.262 e. The van der Waals surface area contributed by atoms with E-state index in [4.69, 9.17) is 4.74 Å². The zero-order valence-electron chi connectivity index (χ0n) is 21.4. The number of nitrogens with one attached hydrogen (secondary N) is 3. The number of nitrogens with zero attached hydrogens (tertiary/aromatic N) is 2. The summed E-state index contributed by atoms with van der Waals surface area (Å²) in [6, 6.07) is 16.7. The highest BCUT2D eigenvalue weighted by Crippen LogP contribution is 2.21. The van der Waals surface area contributed by atoms with Crippen molar-refractivity contribution in [2.24, 2.45) is 0 Å². The molecule has 1 atom stereocenters. The topological polar surface area (TPSA) is 116 Å². The summed E-state index contributed by atoms with van der Waals surface area (Å²) in [5.41, 5.74) is 5.12. The van der Waals surface area contributed by atoms with E-state index < -0.39 is 11.9 Å². The molecule has 2 aromatic carbocycles. The van der Waals surface area contributed by atoms with Crippen LogP contribution in [-0.4, -0.2) is 65.2 Å². The van der Waals surface area contributed by atoms with Gasteiger partial charge in [-0.2, -0.15) is 0 Å². The number of amides is 2. The first-order valence-corrected chi connectivity index (χ1v) is 12.8. The SMILES string of the molecule is CCNC1CCN(C(CNC(=O)c2ccc(OCc3cc(C)nc4ccccc34)cc2)C(=O)NO)CC1. The number of hydrogen-bond acceptors (Lipinski definition) is 7. The molecule has 2 heterocycles. The van der Waals surface area contributed by atoms with Crippen molar-refractivity contribution in [3.05, 3.63) is 71.4 Å². The van der Waals surface area contributed by atoms with E-state index in [9.17, 15) is 14.8 Å². The van der Waals surface area contributed by atoms with E-state index in [1.165, 1.54) is 0 Å². The Bertz CT molecular complexity index is 1210. The van der Waals surface area contributed by atoms with Crippen LogP contribution in [-0.2, 0) is 11.4 Å². The van der Waals surface area contributed by atoms with Gasteiger partial charge >= 0.3 is 0 Å². The molecule has 9 heteroatoms. The Kier molecular flexibility index (Phi) is 9.05. The van der Waals surface area contributed by atoms with Crippen LogP contribution in [0.25, 0.3) is 10.9 Å². The Labute approximate surface area is 217 Å². The number of hydrogen-bond donors (Lipinski definition) is 4. The number of aromatic nitrogens is 1. The average Bonchev–Trinajstić information content (AvgIpc) is 2.92. The molecule has 1 aliphatic heterocycles. The maximum atomic E-state index is 12.8. The Morgan fingerprint density at radius 3 is 2.57 bits per heavy atom. The van der Waals surface area contributed by atoms with E-state index in [2.05, 4.69) is 22.5 Å². The summed E-state index contributed by atoms with van der Waals surface area (Å²) in [5, 5.41) is 16.5. The molecular formula is C28H35N5O4. The van der Waals surface area contributed by atoms with Crippen molar-refractivity contribution in [2.75, 3.05) is 26.2 Å². The van der Waals surface area contributed by atoms with Crippen LogP contribution in [0.15, 0.2) is 54.6 Å². The third-order valence-corrected chi connectivity index (χ3v) is 6.77. The zero-order chi connectivity index (χ0) is 26.2. The predicted molar refractivity (Wildman–Crippen MR) is 142 cm³/mol. The fourth-order valence-corrected chi connectivity index (χ4v) is 4.84. The van der Waals surface area contributed by atoms with Crippen molar-refractivity contribution in [2.45, 2.75) is 45.4 Å². The Hall–Kier alpha value is -3.53. The van der Waals surface area contributed by atoms with E-state index in [0.29, 0.717) is 37.1 Å². The molecule has 1 aromatic heterocycles. The number of benzene rings is 2. The molecule has 196 valence electrons. The molecule has 3 aromatic rings. The molecule has 1 fully saturated rings. The van der Waals surface area contributed by atoms with E-state index in [1.807, 2.05) is 42.2 Å². The lowest BCUT2D eigenvalue weighted by Crippen LogP contribution is -2.55. The molecular weight excluding hydrogens is 470 g/mol. The maximum absolute atomic E-state index is 12.8. The first kappa shape index (κ1) is 26.5. The van der Waals surface area contributed by atoms with Crippen molar-refractivity contribution in [3.8, 4) is 5.75 Å². The summed E-state index contributed by atoms with van der Waals surface area (Å²) in [6.07, 6.45) is 1.82. The minimum absolute atomic E-state index is 0.101. The summed E-state index contributed by atoms with van der Waals surface area (Å²) in [5.74, 6) is -0.165. The van der Waals surface area contributed by atoms with Crippen LogP contribution in [0.4, 0.5) is 0 Å². The van der Waals surface area contributed by atoms with Crippen molar-refractivity contribution in [1.82, 2.24) is 26.0 Å². The standard InChI is InChI=1S/C28H35N5O4/c1-3-29-22-12-14-33(15-13-22)26(28(35)32-36)17-30-27(34)20-8-10-23(11-9-20)37-18-21-16-19(2)31-25-7-5-4-6-24(21)25/h4-11,16,22,26,29,36H,3,12-15,17-18H2,1-2H3,(H,30,34)(H,32,35). The number of pyridine rings is 1. The van der Waals surface area contributed by atoms with E-state index in [0.717, 1.165) is 41.5 Å². The highest BCUT2D eigenvalue weighted by Gasteiger charge is 2.30. The molecule has 37 heavy (non-hydrogen) atoms. The number of carbonyl (C=O) groups is 2. The van der Waals surface area contributed by atoms with Gasteiger partial charge in [0.25, 0.3) is 11.8 Å². The van der Waals surface area contributed by atoms with Crippen LogP contribution in [0.3, 0.4) is 0 Å². The molecule has 0 radical (unpaired) electrons. The Morgan fingerprint density at radius 2 is 1.86 bits per heavy atom. The third-order valence-electron chi connectivity index (χ3n) is 6.77. The molecule has 1 unspecified atom stereocenters. The zero-order valence-corrected chi connectivity index (χ0v) is 21.4. The molecule has 1 saturated heterocycles. The van der Waals surface area contributed by atoms with Gasteiger partial charge in [0.05, 0.1) is 5.52 Å². The van der Waals surface area contributed by atoms with Crippen LogP contribution in [0.1, 0.15) is 41.4 Å². The molecule has 0 spiro atoms. The normalized spacial score (nSPS) is 15.3. The predicted octanol–water partition coefficient (Wildman–Crippen LogP) is 2.80. The van der Waals surface area contributed by atoms with Gasteiger partial charge in [0.15, 0.2) is 0 Å². The van der Waals surface area contributed by atoms with E-state index in [1.54, 1.807) is 29.7 Å². The molecule has 4 rings (SSSR count). The summed E-state index contributed by atoms with van der Waals surface area (Å²) in [6.45, 7) is 6.86. The maximum Gasteiger partial charge on any atom is 0.262 e. The first-order valence-electron chi connectivity index (χ1n) is 12.8. The lowest BCUT2D eigenvalue weighted by atomic mass is 10.0. The van der Waals surface area contributed by atoms with Gasteiger partial charge in [-0.05, 0) is 62.7 Å². The first-order chi connectivity index (χ1) is 18.0. The van der Waals surface area contributed by atoms with Crippen LogP contribution < -0.4 is 20.9 Å². The van der Waals surface area contributed by atoms with Gasteiger partial charge in [-0.3, -0.25) is 24.7 Å². The molecule has 0 bridgehead atoms. The quantitative estimate of drug-likeness (QED) is 0.247. The Morgan fingerprint density at radius 1 is 1.14 bits per heavy atom. The molecule has 1 aliphatic rings. The second-order valence-corrected chi connectivity index (χ2v) is 9.32. The van der Waals surface area contributed by atoms with Gasteiger partial charge in [0.2, 0.25) is 0 Å². The van der Waals surface area contributed by atoms with Crippen LogP contribution in [0, 0.1) is 6.92 Å². The molecule has 2 amide bonds. The monoisotopic (exact) mass is 505 g/mol. The fraction of sp³-hybridized carbons (Fsp3) is 0.393. The van der Waals surface area contributed by atoms with E-state index in [-0.39, 0.29) is 12.5 Å². The van der Waals surface area contributed by atoms with Crippen molar-refractivity contribution >= 4 is 22.7 Å². The second kappa shape index (κ2) is 12.6.